The summed E-state index contributed by atoms with van der Waals surface area (Å²) in [5, 5.41) is 4.15. The van der Waals surface area contributed by atoms with Crippen LogP contribution in [0.25, 0.3) is 0 Å². The number of aromatic nitrogens is 1. The quantitative estimate of drug-likeness (QED) is 0.558. The smallest absolute Gasteiger partial charge is 0.343 e. The molecule has 180 valence electrons. The average molecular weight is 488 g/mol. The molecule has 0 unspecified atom stereocenters. The van der Waals surface area contributed by atoms with Crippen LogP contribution >= 0.6 is 0 Å². The van der Waals surface area contributed by atoms with Crippen LogP contribution in [0.4, 0.5) is 18.9 Å². The number of alkyl halides is 3. The molecule has 33 heavy (non-hydrogen) atoms. The molecule has 0 aliphatic rings. The second-order valence-corrected chi connectivity index (χ2v) is 8.79. The third kappa shape index (κ3) is 7.15. The first-order valence-corrected chi connectivity index (χ1v) is 11.3. The van der Waals surface area contributed by atoms with Crippen LogP contribution in [0.15, 0.2) is 52.3 Å². The first-order chi connectivity index (χ1) is 15.4. The number of halogens is 3. The van der Waals surface area contributed by atoms with Crippen molar-refractivity contribution in [3.05, 3.63) is 58.5 Å². The number of anilines is 1. The van der Waals surface area contributed by atoms with Crippen LogP contribution < -0.4 is 16.2 Å². The minimum absolute atomic E-state index is 0.110. The Balaban J connectivity index is 2.16. The molecule has 1 heterocycles. The Morgan fingerprint density at radius 1 is 1.09 bits per heavy atom. The van der Waals surface area contributed by atoms with Crippen LogP contribution in [0.3, 0.4) is 0 Å². The molecular weight excluding hydrogens is 465 g/mol. The summed E-state index contributed by atoms with van der Waals surface area (Å²) in [6.07, 6.45) is -3.50. The summed E-state index contributed by atoms with van der Waals surface area (Å²) in [6.45, 7) is 1.77. The second kappa shape index (κ2) is 10.6. The van der Waals surface area contributed by atoms with E-state index in [4.69, 9.17) is 0 Å². The molecule has 0 aliphatic heterocycles. The number of carbonyl (C=O) groups is 2. The summed E-state index contributed by atoms with van der Waals surface area (Å²) >= 11 is 0. The highest BCUT2D eigenvalue weighted by Crippen LogP contribution is 2.15. The van der Waals surface area contributed by atoms with E-state index in [1.54, 1.807) is 19.2 Å². The van der Waals surface area contributed by atoms with Gasteiger partial charge in [0.05, 0.1) is 4.90 Å². The minimum Gasteiger partial charge on any atom is -0.343 e. The number of benzene rings is 1. The van der Waals surface area contributed by atoms with E-state index >= 15 is 0 Å². The molecule has 2 aromatic rings. The molecule has 0 spiro atoms. The van der Waals surface area contributed by atoms with Gasteiger partial charge in [0.15, 0.2) is 0 Å². The van der Waals surface area contributed by atoms with Crippen LogP contribution in [-0.4, -0.2) is 54.9 Å². The predicted octanol–water partition coefficient (Wildman–Crippen LogP) is 1.81. The summed E-state index contributed by atoms with van der Waals surface area (Å²) in [5.41, 5.74) is -0.606. The van der Waals surface area contributed by atoms with Crippen molar-refractivity contribution in [2.24, 2.45) is 0 Å². The maximum absolute atomic E-state index is 12.7. The fourth-order valence-electron chi connectivity index (χ4n) is 2.87. The van der Waals surface area contributed by atoms with E-state index in [0.717, 1.165) is 22.9 Å². The fourth-order valence-corrected chi connectivity index (χ4v) is 4.35. The number of amides is 2. The summed E-state index contributed by atoms with van der Waals surface area (Å²) in [6, 6.07) is 7.41. The van der Waals surface area contributed by atoms with E-state index in [9.17, 15) is 36.0 Å². The number of carbonyl (C=O) groups excluding carboxylic acids is 2. The molecule has 0 bridgehead atoms. The lowest BCUT2D eigenvalue weighted by molar-refractivity contribution is -0.123. The zero-order chi connectivity index (χ0) is 24.8. The molecule has 0 radical (unpaired) electrons. The van der Waals surface area contributed by atoms with Gasteiger partial charge in [-0.2, -0.15) is 17.5 Å². The monoisotopic (exact) mass is 488 g/mol. The van der Waals surface area contributed by atoms with Crippen molar-refractivity contribution in [1.29, 1.82) is 0 Å². The van der Waals surface area contributed by atoms with Crippen molar-refractivity contribution in [2.45, 2.75) is 31.5 Å². The highest BCUT2D eigenvalue weighted by molar-refractivity contribution is 7.89. The summed E-state index contributed by atoms with van der Waals surface area (Å²) in [4.78, 5) is 36.2. The van der Waals surface area contributed by atoms with Gasteiger partial charge in [0.1, 0.15) is 13.1 Å². The van der Waals surface area contributed by atoms with Gasteiger partial charge in [0.25, 0.3) is 11.5 Å². The van der Waals surface area contributed by atoms with Crippen LogP contribution in [0, 0.1) is 0 Å². The Morgan fingerprint density at radius 3 is 2.36 bits per heavy atom. The zero-order valence-corrected chi connectivity index (χ0v) is 18.7. The largest absolute Gasteiger partial charge is 0.405 e. The standard InChI is InChI=1S/C20H23F3N4O5S/c1-3-27(4-2)33(31,32)16-8-9-18(29)26(11-16)12-17(28)25-15-7-5-6-14(10-15)19(30)24-13-20(21,22)23/h5-11H,3-4,12-13H2,1-2H3,(H,24,30)(H,25,28). The Labute approximate surface area is 188 Å². The van der Waals surface area contributed by atoms with Gasteiger partial charge in [0.2, 0.25) is 15.9 Å². The molecule has 2 amide bonds. The van der Waals surface area contributed by atoms with Crippen LogP contribution in [-0.2, 0) is 21.4 Å². The number of hydrogen-bond donors (Lipinski definition) is 2. The van der Waals surface area contributed by atoms with Crippen LogP contribution in [0.1, 0.15) is 24.2 Å². The zero-order valence-electron chi connectivity index (χ0n) is 17.8. The Morgan fingerprint density at radius 2 is 1.76 bits per heavy atom. The number of pyridine rings is 1. The molecular formula is C20H23F3N4O5S. The van der Waals surface area contributed by atoms with Gasteiger partial charge < -0.3 is 15.2 Å². The number of nitrogens with zero attached hydrogens (tertiary/aromatic N) is 2. The van der Waals surface area contributed by atoms with Gasteiger partial charge in [-0.15, -0.1) is 0 Å². The third-order valence-corrected chi connectivity index (χ3v) is 6.50. The van der Waals surface area contributed by atoms with Gasteiger partial charge >= 0.3 is 6.18 Å². The Kier molecular flexibility index (Phi) is 8.39. The van der Waals surface area contributed by atoms with Crippen molar-refractivity contribution in [3.63, 3.8) is 0 Å². The number of rotatable bonds is 9. The van der Waals surface area contributed by atoms with Gasteiger partial charge in [-0.3, -0.25) is 14.4 Å². The normalized spacial score (nSPS) is 11.9. The fraction of sp³-hybridized carbons (Fsp3) is 0.350. The molecule has 0 fully saturated rings. The van der Waals surface area contributed by atoms with Gasteiger partial charge in [-0.25, -0.2) is 8.42 Å². The molecule has 0 saturated heterocycles. The topological polar surface area (TPSA) is 118 Å². The molecule has 1 aromatic carbocycles. The molecule has 9 nitrogen and oxygen atoms in total. The SMILES string of the molecule is CCN(CC)S(=O)(=O)c1ccc(=O)n(CC(=O)Nc2cccc(C(=O)NCC(F)(F)F)c2)c1. The van der Waals surface area contributed by atoms with Crippen LogP contribution in [0.5, 0.6) is 0 Å². The lowest BCUT2D eigenvalue weighted by atomic mass is 10.2. The first kappa shape index (κ1) is 26.1. The second-order valence-electron chi connectivity index (χ2n) is 6.85. The highest BCUT2D eigenvalue weighted by atomic mass is 32.2. The molecule has 0 atom stereocenters. The summed E-state index contributed by atoms with van der Waals surface area (Å²) in [7, 11) is -3.85. The van der Waals surface area contributed by atoms with Gasteiger partial charge in [-0.05, 0) is 24.3 Å². The maximum Gasteiger partial charge on any atom is 0.405 e. The number of nitrogens with one attached hydrogen (secondary N) is 2. The van der Waals surface area contributed by atoms with Crippen molar-refractivity contribution >= 4 is 27.5 Å². The highest BCUT2D eigenvalue weighted by Gasteiger charge is 2.28. The number of hydrogen-bond acceptors (Lipinski definition) is 5. The predicted molar refractivity (Wildman–Crippen MR) is 114 cm³/mol. The third-order valence-electron chi connectivity index (χ3n) is 4.47. The van der Waals surface area contributed by atoms with Gasteiger partial charge in [0, 0.05) is 36.6 Å². The molecule has 0 saturated carbocycles. The van der Waals surface area contributed by atoms with E-state index in [-0.39, 0.29) is 29.2 Å². The van der Waals surface area contributed by atoms with Crippen molar-refractivity contribution in [2.75, 3.05) is 25.0 Å². The van der Waals surface area contributed by atoms with E-state index < -0.39 is 46.7 Å². The van der Waals surface area contributed by atoms with E-state index in [1.165, 1.54) is 28.6 Å². The van der Waals surface area contributed by atoms with E-state index in [1.807, 2.05) is 0 Å². The summed E-state index contributed by atoms with van der Waals surface area (Å²) in [5.74, 6) is -1.68. The van der Waals surface area contributed by atoms with Crippen molar-refractivity contribution in [1.82, 2.24) is 14.2 Å². The van der Waals surface area contributed by atoms with Crippen LogP contribution in [0.2, 0.25) is 0 Å². The minimum atomic E-state index is -4.57. The van der Waals surface area contributed by atoms with E-state index in [0.29, 0.717) is 0 Å². The molecule has 2 rings (SSSR count). The molecule has 2 N–H and O–H groups in total. The Bertz CT molecular complexity index is 1170. The lowest BCUT2D eigenvalue weighted by Gasteiger charge is -2.19. The molecule has 13 heteroatoms. The number of sulfonamides is 1. The van der Waals surface area contributed by atoms with Gasteiger partial charge in [-0.1, -0.05) is 19.9 Å². The van der Waals surface area contributed by atoms with Crippen molar-refractivity contribution in [3.8, 4) is 0 Å². The van der Waals surface area contributed by atoms with Crippen molar-refractivity contribution < 1.29 is 31.2 Å². The first-order valence-electron chi connectivity index (χ1n) is 9.83. The van der Waals surface area contributed by atoms with E-state index in [2.05, 4.69) is 5.32 Å². The molecule has 0 aliphatic carbocycles. The Hall–Kier alpha value is -3.19. The maximum atomic E-state index is 12.7. The lowest BCUT2D eigenvalue weighted by Crippen LogP contribution is -2.33. The summed E-state index contributed by atoms with van der Waals surface area (Å²) < 4.78 is 64.2. The average Bonchev–Trinajstić information content (AvgIpc) is 2.73. The molecule has 1 aromatic heterocycles.